The molecule has 1 N–H and O–H groups in total. The molecule has 0 aliphatic carbocycles. The third-order valence-corrected chi connectivity index (χ3v) is 3.95. The van der Waals surface area contributed by atoms with Gasteiger partial charge in [0.1, 0.15) is 6.07 Å². The van der Waals surface area contributed by atoms with Gasteiger partial charge in [-0.1, -0.05) is 15.9 Å². The number of hydrogen-bond acceptors (Lipinski definition) is 3. The van der Waals surface area contributed by atoms with E-state index in [9.17, 15) is 0 Å². The van der Waals surface area contributed by atoms with Crippen molar-refractivity contribution in [1.82, 2.24) is 4.90 Å². The molecule has 96 valence electrons. The first-order valence-electron chi connectivity index (χ1n) is 6.38. The quantitative estimate of drug-likeness (QED) is 0.928. The van der Waals surface area contributed by atoms with Gasteiger partial charge in [0.05, 0.1) is 11.3 Å². The van der Waals surface area contributed by atoms with Crippen molar-refractivity contribution in [1.29, 1.82) is 5.26 Å². The fourth-order valence-electron chi connectivity index (χ4n) is 2.33. The fraction of sp³-hybridized carbons (Fsp3) is 0.500. The van der Waals surface area contributed by atoms with E-state index in [1.807, 2.05) is 18.2 Å². The number of nitrogens with one attached hydrogen (secondary N) is 1. The molecule has 1 aliphatic rings. The largest absolute Gasteiger partial charge is 0.382 e. The van der Waals surface area contributed by atoms with Crippen LogP contribution in [0.15, 0.2) is 22.7 Å². The molecule has 0 saturated carbocycles. The van der Waals surface area contributed by atoms with Crippen LogP contribution in [-0.4, -0.2) is 30.6 Å². The summed E-state index contributed by atoms with van der Waals surface area (Å²) in [4.78, 5) is 2.50. The predicted molar refractivity (Wildman–Crippen MR) is 77.6 cm³/mol. The molecule has 0 radical (unpaired) electrons. The van der Waals surface area contributed by atoms with Crippen LogP contribution in [0.4, 0.5) is 5.69 Å². The Hall–Kier alpha value is -1.05. The third kappa shape index (κ3) is 3.24. The van der Waals surface area contributed by atoms with Crippen LogP contribution in [0.5, 0.6) is 0 Å². The second kappa shape index (κ2) is 6.21. The molecule has 0 bridgehead atoms. The van der Waals surface area contributed by atoms with E-state index in [1.165, 1.54) is 25.9 Å². The Bertz CT molecular complexity index is 447. The highest BCUT2D eigenvalue weighted by atomic mass is 79.9. The zero-order valence-corrected chi connectivity index (χ0v) is 12.2. The summed E-state index contributed by atoms with van der Waals surface area (Å²) < 4.78 is 0.998. The number of likely N-dealkylation sites (tertiary alicyclic amines) is 1. The molecule has 1 aromatic rings. The molecule has 1 fully saturated rings. The third-order valence-electron chi connectivity index (χ3n) is 3.45. The maximum Gasteiger partial charge on any atom is 0.101 e. The summed E-state index contributed by atoms with van der Waals surface area (Å²) >= 11 is 3.44. The van der Waals surface area contributed by atoms with Gasteiger partial charge in [-0.05, 0) is 51.1 Å². The number of anilines is 1. The molecule has 18 heavy (non-hydrogen) atoms. The van der Waals surface area contributed by atoms with Gasteiger partial charge in [0, 0.05) is 17.1 Å². The minimum Gasteiger partial charge on any atom is -0.382 e. The van der Waals surface area contributed by atoms with Crippen LogP contribution in [0.25, 0.3) is 0 Å². The average Bonchev–Trinajstić information content (AvgIpc) is 2.90. The Balaban J connectivity index is 1.97. The number of rotatable bonds is 4. The summed E-state index contributed by atoms with van der Waals surface area (Å²) in [5, 5.41) is 12.5. The number of benzene rings is 1. The van der Waals surface area contributed by atoms with Gasteiger partial charge in [0.25, 0.3) is 0 Å². The summed E-state index contributed by atoms with van der Waals surface area (Å²) in [5.41, 5.74) is 1.62. The van der Waals surface area contributed by atoms with Crippen LogP contribution in [0.2, 0.25) is 0 Å². The molecule has 1 atom stereocenters. The lowest BCUT2D eigenvalue weighted by Gasteiger charge is -2.24. The maximum atomic E-state index is 9.07. The molecule has 0 amide bonds. The molecule has 1 unspecified atom stereocenters. The van der Waals surface area contributed by atoms with Gasteiger partial charge >= 0.3 is 0 Å². The molecule has 1 saturated heterocycles. The molecule has 1 aliphatic heterocycles. The second-order valence-electron chi connectivity index (χ2n) is 4.77. The Morgan fingerprint density at radius 1 is 1.44 bits per heavy atom. The highest BCUT2D eigenvalue weighted by Gasteiger charge is 2.17. The van der Waals surface area contributed by atoms with E-state index >= 15 is 0 Å². The van der Waals surface area contributed by atoms with Crippen molar-refractivity contribution >= 4 is 21.6 Å². The Labute approximate surface area is 117 Å². The first kappa shape index (κ1) is 13.4. The topological polar surface area (TPSA) is 39.1 Å². The van der Waals surface area contributed by atoms with E-state index in [-0.39, 0.29) is 0 Å². The molecule has 1 heterocycles. The van der Waals surface area contributed by atoms with E-state index < -0.39 is 0 Å². The van der Waals surface area contributed by atoms with Crippen LogP contribution < -0.4 is 5.32 Å². The van der Waals surface area contributed by atoms with Crippen molar-refractivity contribution in [3.8, 4) is 6.07 Å². The van der Waals surface area contributed by atoms with E-state index in [1.54, 1.807) is 0 Å². The number of nitriles is 1. The maximum absolute atomic E-state index is 9.07. The zero-order chi connectivity index (χ0) is 13.0. The monoisotopic (exact) mass is 307 g/mol. The van der Waals surface area contributed by atoms with Crippen LogP contribution in [0.3, 0.4) is 0 Å². The number of nitrogens with zero attached hydrogens (tertiary/aromatic N) is 2. The zero-order valence-electron chi connectivity index (χ0n) is 10.6. The molecule has 3 nitrogen and oxygen atoms in total. The lowest BCUT2D eigenvalue weighted by Crippen LogP contribution is -2.35. The summed E-state index contributed by atoms with van der Waals surface area (Å²) in [7, 11) is 0. The van der Waals surface area contributed by atoms with E-state index in [4.69, 9.17) is 5.26 Å². The molecular formula is C14H18BrN3. The second-order valence-corrected chi connectivity index (χ2v) is 5.69. The summed E-state index contributed by atoms with van der Waals surface area (Å²) in [6.45, 7) is 5.52. The van der Waals surface area contributed by atoms with Gasteiger partial charge in [-0.25, -0.2) is 0 Å². The molecule has 2 rings (SSSR count). The smallest absolute Gasteiger partial charge is 0.101 e. The lowest BCUT2D eigenvalue weighted by atomic mass is 10.2. The number of hydrogen-bond donors (Lipinski definition) is 1. The molecular weight excluding hydrogens is 290 g/mol. The van der Waals surface area contributed by atoms with Crippen molar-refractivity contribution in [2.24, 2.45) is 0 Å². The first-order valence-corrected chi connectivity index (χ1v) is 7.17. The molecule has 4 heteroatoms. The van der Waals surface area contributed by atoms with Gasteiger partial charge in [-0.3, -0.25) is 4.90 Å². The Morgan fingerprint density at radius 3 is 2.83 bits per heavy atom. The molecule has 0 spiro atoms. The standard InChI is InChI=1S/C14H18BrN3/c1-11(18-6-2-3-7-18)10-17-14-8-13(15)5-4-12(14)9-16/h4-5,8,11,17H,2-3,6-7,10H2,1H3. The van der Waals surface area contributed by atoms with Crippen molar-refractivity contribution in [2.75, 3.05) is 25.0 Å². The highest BCUT2D eigenvalue weighted by molar-refractivity contribution is 9.10. The Kier molecular flexibility index (Phi) is 4.62. The van der Waals surface area contributed by atoms with Gasteiger partial charge in [0.15, 0.2) is 0 Å². The highest BCUT2D eigenvalue weighted by Crippen LogP contribution is 2.21. The van der Waals surface area contributed by atoms with Gasteiger partial charge in [-0.2, -0.15) is 5.26 Å². The normalized spacial score (nSPS) is 17.4. The van der Waals surface area contributed by atoms with Crippen molar-refractivity contribution in [2.45, 2.75) is 25.8 Å². The predicted octanol–water partition coefficient (Wildman–Crippen LogP) is 3.22. The van der Waals surface area contributed by atoms with E-state index in [0.717, 1.165) is 16.7 Å². The molecule has 1 aromatic carbocycles. The van der Waals surface area contributed by atoms with Gasteiger partial charge < -0.3 is 5.32 Å². The summed E-state index contributed by atoms with van der Waals surface area (Å²) in [5.74, 6) is 0. The van der Waals surface area contributed by atoms with E-state index in [2.05, 4.69) is 39.1 Å². The van der Waals surface area contributed by atoms with Crippen LogP contribution in [0.1, 0.15) is 25.3 Å². The van der Waals surface area contributed by atoms with Crippen LogP contribution in [-0.2, 0) is 0 Å². The van der Waals surface area contributed by atoms with Crippen LogP contribution in [0, 0.1) is 11.3 Å². The first-order chi connectivity index (χ1) is 8.70. The van der Waals surface area contributed by atoms with Crippen molar-refractivity contribution < 1.29 is 0 Å². The molecule has 0 aromatic heterocycles. The van der Waals surface area contributed by atoms with E-state index in [0.29, 0.717) is 11.6 Å². The minimum absolute atomic E-state index is 0.512. The van der Waals surface area contributed by atoms with Crippen molar-refractivity contribution in [3.05, 3.63) is 28.2 Å². The van der Waals surface area contributed by atoms with Crippen LogP contribution >= 0.6 is 15.9 Å². The fourth-order valence-corrected chi connectivity index (χ4v) is 2.69. The van der Waals surface area contributed by atoms with Gasteiger partial charge in [-0.15, -0.1) is 0 Å². The summed E-state index contributed by atoms with van der Waals surface area (Å²) in [6.07, 6.45) is 2.62. The summed E-state index contributed by atoms with van der Waals surface area (Å²) in [6, 6.07) is 8.44. The SMILES string of the molecule is CC(CNc1cc(Br)ccc1C#N)N1CCCC1. The van der Waals surface area contributed by atoms with Gasteiger partial charge in [0.2, 0.25) is 0 Å². The minimum atomic E-state index is 0.512. The lowest BCUT2D eigenvalue weighted by molar-refractivity contribution is 0.269. The van der Waals surface area contributed by atoms with Crippen molar-refractivity contribution in [3.63, 3.8) is 0 Å². The average molecular weight is 308 g/mol. The number of halogens is 1. The Morgan fingerprint density at radius 2 is 2.17 bits per heavy atom.